The lowest BCUT2D eigenvalue weighted by Gasteiger charge is -2.06. The van der Waals surface area contributed by atoms with Crippen molar-refractivity contribution in [3.05, 3.63) is 71.3 Å². The number of hydrogen-bond donors (Lipinski definition) is 2. The van der Waals surface area contributed by atoms with Crippen molar-refractivity contribution in [2.75, 3.05) is 13.1 Å². The Morgan fingerprint density at radius 3 is 2.59 bits per heavy atom. The molecule has 27 heavy (non-hydrogen) atoms. The van der Waals surface area contributed by atoms with Crippen molar-refractivity contribution in [1.29, 1.82) is 0 Å². The first-order chi connectivity index (χ1) is 13.1. The number of nitrogens with zero attached hydrogens (tertiary/aromatic N) is 2. The number of benzene rings is 1. The average Bonchev–Trinajstić information content (AvgIpc) is 3.14. The molecule has 8 heteroatoms. The van der Waals surface area contributed by atoms with E-state index in [0.29, 0.717) is 35.3 Å². The highest BCUT2D eigenvalue weighted by Gasteiger charge is 2.11. The molecule has 0 saturated heterocycles. The van der Waals surface area contributed by atoms with Gasteiger partial charge >= 0.3 is 0 Å². The van der Waals surface area contributed by atoms with Gasteiger partial charge in [0.15, 0.2) is 0 Å². The predicted octanol–water partition coefficient (Wildman–Crippen LogP) is 2.48. The monoisotopic (exact) mass is 384 g/mol. The van der Waals surface area contributed by atoms with Crippen LogP contribution >= 0.6 is 11.6 Å². The first kappa shape index (κ1) is 18.6. The minimum absolute atomic E-state index is 0.0909. The summed E-state index contributed by atoms with van der Waals surface area (Å²) in [6.07, 6.45) is 4.62. The van der Waals surface area contributed by atoms with Gasteiger partial charge in [-0.2, -0.15) is 0 Å². The van der Waals surface area contributed by atoms with Crippen LogP contribution < -0.4 is 10.6 Å². The van der Waals surface area contributed by atoms with Crippen molar-refractivity contribution in [3.8, 4) is 11.5 Å². The summed E-state index contributed by atoms with van der Waals surface area (Å²) in [6, 6.07) is 10.4. The third-order valence-electron chi connectivity index (χ3n) is 3.64. The topological polar surface area (TPSA) is 97.1 Å². The Kier molecular flexibility index (Phi) is 6.17. The van der Waals surface area contributed by atoms with E-state index in [0.717, 1.165) is 5.56 Å². The summed E-state index contributed by atoms with van der Waals surface area (Å²) in [6.45, 7) is 0.626. The molecule has 2 N–H and O–H groups in total. The van der Waals surface area contributed by atoms with Gasteiger partial charge in [-0.15, -0.1) is 0 Å². The van der Waals surface area contributed by atoms with Gasteiger partial charge in [0.2, 0.25) is 11.8 Å². The zero-order valence-electron chi connectivity index (χ0n) is 14.3. The Labute approximate surface area is 160 Å². The van der Waals surface area contributed by atoms with Gasteiger partial charge in [0.1, 0.15) is 6.26 Å². The first-order valence-corrected chi connectivity index (χ1v) is 8.65. The molecule has 138 valence electrons. The quantitative estimate of drug-likeness (QED) is 0.610. The van der Waals surface area contributed by atoms with Crippen LogP contribution in [-0.4, -0.2) is 34.9 Å². The van der Waals surface area contributed by atoms with E-state index in [-0.39, 0.29) is 18.2 Å². The van der Waals surface area contributed by atoms with Crippen LogP contribution in [0.1, 0.15) is 16.1 Å². The number of hydrogen-bond acceptors (Lipinski definition) is 5. The third-order valence-corrected chi connectivity index (χ3v) is 3.89. The van der Waals surface area contributed by atoms with Crippen molar-refractivity contribution in [2.24, 2.45) is 0 Å². The molecule has 3 aromatic rings. The van der Waals surface area contributed by atoms with Crippen LogP contribution in [0, 0.1) is 0 Å². The second kappa shape index (κ2) is 8.95. The lowest BCUT2D eigenvalue weighted by Crippen LogP contribution is -2.35. The molecule has 0 aliphatic heterocycles. The smallest absolute Gasteiger partial charge is 0.252 e. The normalized spacial score (nSPS) is 10.4. The molecule has 0 spiro atoms. The maximum absolute atomic E-state index is 12.0. The lowest BCUT2D eigenvalue weighted by molar-refractivity contribution is -0.120. The molecular weight excluding hydrogens is 368 g/mol. The van der Waals surface area contributed by atoms with E-state index in [1.165, 1.54) is 12.5 Å². The molecule has 0 unspecified atom stereocenters. The Hall–Kier alpha value is -3.19. The molecular formula is C19H17ClN4O3. The number of amides is 2. The van der Waals surface area contributed by atoms with Gasteiger partial charge in [-0.05, 0) is 36.4 Å². The van der Waals surface area contributed by atoms with Crippen LogP contribution in [0.25, 0.3) is 11.5 Å². The van der Waals surface area contributed by atoms with Gasteiger partial charge in [-0.1, -0.05) is 11.6 Å². The predicted molar refractivity (Wildman–Crippen MR) is 100 cm³/mol. The SMILES string of the molecule is O=C(Cc1coc(-c2ccc(Cl)cc2)n1)NCCNC(=O)c1cccnc1. The van der Waals surface area contributed by atoms with Crippen molar-refractivity contribution < 1.29 is 14.0 Å². The number of halogens is 1. The molecule has 7 nitrogen and oxygen atoms in total. The lowest BCUT2D eigenvalue weighted by atomic mass is 10.2. The summed E-state index contributed by atoms with van der Waals surface area (Å²) >= 11 is 5.85. The number of oxazole rings is 1. The van der Waals surface area contributed by atoms with Gasteiger partial charge in [0, 0.05) is 36.1 Å². The van der Waals surface area contributed by atoms with Crippen LogP contribution in [0.3, 0.4) is 0 Å². The average molecular weight is 385 g/mol. The third kappa shape index (κ3) is 5.39. The fourth-order valence-electron chi connectivity index (χ4n) is 2.32. The number of aromatic nitrogens is 2. The minimum atomic E-state index is -0.235. The largest absolute Gasteiger partial charge is 0.444 e. The van der Waals surface area contributed by atoms with Crippen molar-refractivity contribution in [2.45, 2.75) is 6.42 Å². The summed E-state index contributed by atoms with van der Waals surface area (Å²) in [5.41, 5.74) is 1.78. The fourth-order valence-corrected chi connectivity index (χ4v) is 2.44. The van der Waals surface area contributed by atoms with Crippen LogP contribution in [-0.2, 0) is 11.2 Å². The van der Waals surface area contributed by atoms with E-state index in [1.807, 2.05) is 0 Å². The molecule has 2 amide bonds. The standard InChI is InChI=1S/C19H17ClN4O3/c20-15-5-3-13(4-6-15)19-24-16(12-27-19)10-17(25)22-8-9-23-18(26)14-2-1-7-21-11-14/h1-7,11-12H,8-10H2,(H,22,25)(H,23,26). The highest BCUT2D eigenvalue weighted by atomic mass is 35.5. The van der Waals surface area contributed by atoms with E-state index < -0.39 is 0 Å². The van der Waals surface area contributed by atoms with Gasteiger partial charge < -0.3 is 15.1 Å². The summed E-state index contributed by atoms with van der Waals surface area (Å²) in [5.74, 6) is -0.0127. The maximum atomic E-state index is 12.0. The Balaban J connectivity index is 1.42. The number of rotatable bonds is 7. The van der Waals surface area contributed by atoms with E-state index in [9.17, 15) is 9.59 Å². The van der Waals surface area contributed by atoms with Gasteiger partial charge in [0.25, 0.3) is 5.91 Å². The van der Waals surface area contributed by atoms with Crippen molar-refractivity contribution in [1.82, 2.24) is 20.6 Å². The van der Waals surface area contributed by atoms with Crippen molar-refractivity contribution in [3.63, 3.8) is 0 Å². The number of carbonyl (C=O) groups is 2. The second-order valence-corrected chi connectivity index (χ2v) is 6.11. The highest BCUT2D eigenvalue weighted by Crippen LogP contribution is 2.20. The Morgan fingerprint density at radius 1 is 1.07 bits per heavy atom. The zero-order valence-corrected chi connectivity index (χ0v) is 15.1. The summed E-state index contributed by atoms with van der Waals surface area (Å²) < 4.78 is 5.40. The minimum Gasteiger partial charge on any atom is -0.444 e. The first-order valence-electron chi connectivity index (χ1n) is 8.27. The molecule has 2 aromatic heterocycles. The maximum Gasteiger partial charge on any atom is 0.252 e. The molecule has 0 radical (unpaired) electrons. The summed E-state index contributed by atoms with van der Waals surface area (Å²) in [5, 5.41) is 6.06. The summed E-state index contributed by atoms with van der Waals surface area (Å²) in [4.78, 5) is 32.0. The second-order valence-electron chi connectivity index (χ2n) is 5.68. The van der Waals surface area contributed by atoms with Crippen LogP contribution in [0.5, 0.6) is 0 Å². The van der Waals surface area contributed by atoms with Gasteiger partial charge in [0.05, 0.1) is 17.7 Å². The van der Waals surface area contributed by atoms with E-state index in [2.05, 4.69) is 20.6 Å². The molecule has 3 rings (SSSR count). The summed E-state index contributed by atoms with van der Waals surface area (Å²) in [7, 11) is 0. The van der Waals surface area contributed by atoms with Gasteiger partial charge in [-0.25, -0.2) is 4.98 Å². The molecule has 0 fully saturated rings. The number of pyridine rings is 1. The van der Waals surface area contributed by atoms with E-state index in [1.54, 1.807) is 42.6 Å². The molecule has 1 aromatic carbocycles. The van der Waals surface area contributed by atoms with Crippen LogP contribution in [0.15, 0.2) is 59.5 Å². The zero-order chi connectivity index (χ0) is 19.1. The Bertz CT molecular complexity index is 910. The highest BCUT2D eigenvalue weighted by molar-refractivity contribution is 6.30. The number of carbonyl (C=O) groups excluding carboxylic acids is 2. The van der Waals surface area contributed by atoms with Crippen LogP contribution in [0.4, 0.5) is 0 Å². The Morgan fingerprint density at radius 2 is 1.85 bits per heavy atom. The fraction of sp³-hybridized carbons (Fsp3) is 0.158. The molecule has 0 bridgehead atoms. The molecule has 0 aliphatic carbocycles. The van der Waals surface area contributed by atoms with Crippen molar-refractivity contribution >= 4 is 23.4 Å². The molecule has 0 saturated carbocycles. The van der Waals surface area contributed by atoms with Gasteiger partial charge in [-0.3, -0.25) is 14.6 Å². The number of nitrogens with one attached hydrogen (secondary N) is 2. The molecule has 0 aliphatic rings. The van der Waals surface area contributed by atoms with Crippen LogP contribution in [0.2, 0.25) is 5.02 Å². The molecule has 2 heterocycles. The van der Waals surface area contributed by atoms with E-state index in [4.69, 9.17) is 16.0 Å². The van der Waals surface area contributed by atoms with E-state index >= 15 is 0 Å². The molecule has 0 atom stereocenters.